The second-order valence-corrected chi connectivity index (χ2v) is 7.26. The van der Waals surface area contributed by atoms with E-state index in [0.29, 0.717) is 17.0 Å². The monoisotopic (exact) mass is 359 g/mol. The molecule has 2 aliphatic carbocycles. The van der Waals surface area contributed by atoms with Crippen molar-refractivity contribution in [3.63, 3.8) is 0 Å². The Hall–Kier alpha value is -3.21. The van der Waals surface area contributed by atoms with Crippen LogP contribution in [0.4, 0.5) is 5.69 Å². The van der Waals surface area contributed by atoms with Crippen molar-refractivity contribution in [2.45, 2.75) is 6.42 Å². The molecule has 5 nitrogen and oxygen atoms in total. The largest absolute Gasteiger partial charge is 0.423 e. The molecule has 5 heteroatoms. The van der Waals surface area contributed by atoms with E-state index in [4.69, 9.17) is 4.74 Å². The molecule has 2 aromatic rings. The summed E-state index contributed by atoms with van der Waals surface area (Å²) in [5.41, 5.74) is 0.987. The molecule has 0 N–H and O–H groups in total. The summed E-state index contributed by atoms with van der Waals surface area (Å²) < 4.78 is 5.35. The zero-order valence-electron chi connectivity index (χ0n) is 14.4. The van der Waals surface area contributed by atoms with Crippen molar-refractivity contribution in [3.8, 4) is 5.75 Å². The summed E-state index contributed by atoms with van der Waals surface area (Å²) in [7, 11) is 0. The maximum Gasteiger partial charge on any atom is 0.343 e. The number of hydrogen-bond donors (Lipinski definition) is 0. The van der Waals surface area contributed by atoms with Crippen molar-refractivity contribution in [1.29, 1.82) is 0 Å². The van der Waals surface area contributed by atoms with Crippen LogP contribution in [0.3, 0.4) is 0 Å². The molecule has 0 spiro atoms. The Morgan fingerprint density at radius 2 is 1.44 bits per heavy atom. The summed E-state index contributed by atoms with van der Waals surface area (Å²) in [4.78, 5) is 39.1. The van der Waals surface area contributed by atoms with Gasteiger partial charge in [-0.15, -0.1) is 0 Å². The summed E-state index contributed by atoms with van der Waals surface area (Å²) >= 11 is 0. The van der Waals surface area contributed by atoms with Gasteiger partial charge < -0.3 is 4.74 Å². The highest BCUT2D eigenvalue weighted by Gasteiger charge is 2.59. The third-order valence-electron chi connectivity index (χ3n) is 5.79. The summed E-state index contributed by atoms with van der Waals surface area (Å²) in [6.45, 7) is 0. The Bertz CT molecular complexity index is 934. The predicted molar refractivity (Wildman–Crippen MR) is 98.1 cm³/mol. The first-order chi connectivity index (χ1) is 13.1. The Balaban J connectivity index is 1.35. The Morgan fingerprint density at radius 3 is 2.04 bits per heavy atom. The number of carbonyl (C=O) groups is 3. The SMILES string of the molecule is O=C(Oc1ccc(N2C(=O)[C@@H]3[C@H](C2=O)[C@H]2C=C[C@@H]3C2)cc1)c1ccccc1. The fourth-order valence-electron chi connectivity index (χ4n) is 4.56. The fraction of sp³-hybridized carbons (Fsp3) is 0.227. The number of carbonyl (C=O) groups excluding carboxylic acids is 3. The van der Waals surface area contributed by atoms with E-state index < -0.39 is 5.97 Å². The number of esters is 1. The molecule has 4 atom stereocenters. The van der Waals surface area contributed by atoms with Crippen LogP contribution in [0.15, 0.2) is 66.7 Å². The first-order valence-electron chi connectivity index (χ1n) is 9.07. The van der Waals surface area contributed by atoms with Gasteiger partial charge in [-0.1, -0.05) is 30.4 Å². The van der Waals surface area contributed by atoms with E-state index in [1.165, 1.54) is 4.90 Å². The van der Waals surface area contributed by atoms with Gasteiger partial charge in [0.25, 0.3) is 0 Å². The van der Waals surface area contributed by atoms with Crippen LogP contribution >= 0.6 is 0 Å². The zero-order valence-corrected chi connectivity index (χ0v) is 14.4. The number of fused-ring (bicyclic) bond motifs is 5. The van der Waals surface area contributed by atoms with Crippen LogP contribution in [0.5, 0.6) is 5.75 Å². The lowest BCUT2D eigenvalue weighted by molar-refractivity contribution is -0.123. The van der Waals surface area contributed by atoms with E-state index in [-0.39, 0.29) is 35.5 Å². The van der Waals surface area contributed by atoms with Crippen LogP contribution in [0.25, 0.3) is 0 Å². The lowest BCUT2D eigenvalue weighted by Gasteiger charge is -2.17. The van der Waals surface area contributed by atoms with E-state index >= 15 is 0 Å². The zero-order chi connectivity index (χ0) is 18.5. The minimum atomic E-state index is -0.450. The van der Waals surface area contributed by atoms with Crippen LogP contribution < -0.4 is 9.64 Å². The van der Waals surface area contributed by atoms with E-state index in [9.17, 15) is 14.4 Å². The molecule has 0 radical (unpaired) electrons. The molecule has 1 heterocycles. The first-order valence-corrected chi connectivity index (χ1v) is 9.07. The molecular formula is C22H17NO4. The Labute approximate surface area is 156 Å². The van der Waals surface area contributed by atoms with E-state index in [0.717, 1.165) is 6.42 Å². The van der Waals surface area contributed by atoms with Crippen molar-refractivity contribution in [2.24, 2.45) is 23.7 Å². The normalized spacial score (nSPS) is 27.9. The van der Waals surface area contributed by atoms with Gasteiger partial charge in [-0.25, -0.2) is 4.79 Å². The summed E-state index contributed by atoms with van der Waals surface area (Å²) in [6, 6.07) is 15.2. The van der Waals surface area contributed by atoms with Gasteiger partial charge in [-0.2, -0.15) is 0 Å². The van der Waals surface area contributed by atoms with Crippen molar-refractivity contribution >= 4 is 23.5 Å². The number of benzene rings is 2. The molecule has 5 rings (SSSR count). The minimum absolute atomic E-state index is 0.115. The van der Waals surface area contributed by atoms with Gasteiger partial charge in [-0.05, 0) is 54.7 Å². The van der Waals surface area contributed by atoms with Gasteiger partial charge in [0, 0.05) is 0 Å². The molecule has 1 saturated heterocycles. The molecule has 134 valence electrons. The van der Waals surface area contributed by atoms with Gasteiger partial charge in [0.05, 0.1) is 23.1 Å². The maximum absolute atomic E-state index is 12.8. The first kappa shape index (κ1) is 16.0. The van der Waals surface area contributed by atoms with E-state index in [2.05, 4.69) is 12.2 Å². The van der Waals surface area contributed by atoms with Crippen LogP contribution in [-0.2, 0) is 9.59 Å². The van der Waals surface area contributed by atoms with Crippen molar-refractivity contribution < 1.29 is 19.1 Å². The summed E-state index contributed by atoms with van der Waals surface area (Å²) in [6.07, 6.45) is 5.06. The topological polar surface area (TPSA) is 63.7 Å². The number of allylic oxidation sites excluding steroid dienone is 2. The quantitative estimate of drug-likeness (QED) is 0.365. The van der Waals surface area contributed by atoms with Crippen LogP contribution in [0, 0.1) is 23.7 Å². The number of nitrogens with zero attached hydrogens (tertiary/aromatic N) is 1. The number of imide groups is 1. The molecule has 2 fully saturated rings. The number of amides is 2. The van der Waals surface area contributed by atoms with Crippen LogP contribution in [-0.4, -0.2) is 17.8 Å². The lowest BCUT2D eigenvalue weighted by atomic mass is 9.85. The summed E-state index contributed by atoms with van der Waals surface area (Å²) in [5, 5.41) is 0. The molecule has 2 amide bonds. The third kappa shape index (κ3) is 2.42. The lowest BCUT2D eigenvalue weighted by Crippen LogP contribution is -2.32. The molecule has 0 aromatic heterocycles. The standard InChI is InChI=1S/C22H17NO4/c24-20-18-14-6-7-15(12-14)19(18)21(25)23(20)16-8-10-17(11-9-16)27-22(26)13-4-2-1-3-5-13/h1-11,14-15,18-19H,12H2/t14-,15+,18+,19-. The molecule has 27 heavy (non-hydrogen) atoms. The highest BCUT2D eigenvalue weighted by Crippen LogP contribution is 2.53. The number of hydrogen-bond acceptors (Lipinski definition) is 4. The van der Waals surface area contributed by atoms with Crippen molar-refractivity contribution in [1.82, 2.24) is 0 Å². The molecule has 3 aliphatic rings. The van der Waals surface area contributed by atoms with Gasteiger partial charge >= 0.3 is 5.97 Å². The van der Waals surface area contributed by atoms with Crippen LogP contribution in [0.2, 0.25) is 0 Å². The number of ether oxygens (including phenoxy) is 1. The smallest absolute Gasteiger partial charge is 0.343 e. The van der Waals surface area contributed by atoms with Crippen molar-refractivity contribution in [2.75, 3.05) is 4.90 Å². The highest BCUT2D eigenvalue weighted by molar-refractivity contribution is 6.22. The van der Waals surface area contributed by atoms with Gasteiger partial charge in [0.2, 0.25) is 11.8 Å². The van der Waals surface area contributed by atoms with Crippen LogP contribution in [0.1, 0.15) is 16.8 Å². The average molecular weight is 359 g/mol. The second-order valence-electron chi connectivity index (χ2n) is 7.26. The molecule has 1 aliphatic heterocycles. The van der Waals surface area contributed by atoms with E-state index in [1.54, 1.807) is 48.5 Å². The van der Waals surface area contributed by atoms with Gasteiger partial charge in [0.15, 0.2) is 0 Å². The third-order valence-corrected chi connectivity index (χ3v) is 5.79. The highest BCUT2D eigenvalue weighted by atomic mass is 16.5. The minimum Gasteiger partial charge on any atom is -0.423 e. The molecule has 2 bridgehead atoms. The number of rotatable bonds is 3. The second kappa shape index (κ2) is 5.91. The summed E-state index contributed by atoms with van der Waals surface area (Å²) in [5.74, 6) is -0.375. The molecule has 0 unspecified atom stereocenters. The molecule has 2 aromatic carbocycles. The van der Waals surface area contributed by atoms with Crippen molar-refractivity contribution in [3.05, 3.63) is 72.3 Å². The van der Waals surface area contributed by atoms with Gasteiger partial charge in [0.1, 0.15) is 5.75 Å². The Morgan fingerprint density at radius 1 is 0.852 bits per heavy atom. The maximum atomic E-state index is 12.8. The van der Waals surface area contributed by atoms with Gasteiger partial charge in [-0.3, -0.25) is 14.5 Å². The van der Waals surface area contributed by atoms with E-state index in [1.807, 2.05) is 6.07 Å². The Kier molecular flexibility index (Phi) is 3.50. The molecule has 1 saturated carbocycles. The fourth-order valence-corrected chi connectivity index (χ4v) is 4.56. The predicted octanol–water partition coefficient (Wildman–Crippen LogP) is 3.22. The molecular weight excluding hydrogens is 342 g/mol. The average Bonchev–Trinajstić information content (AvgIpc) is 3.37. The number of anilines is 1.